The molecule has 1 unspecified atom stereocenters. The number of aliphatic carboxylic acids is 1. The lowest BCUT2D eigenvalue weighted by atomic mass is 10.1. The maximum Gasteiger partial charge on any atom is 0.344 e. The minimum absolute atomic E-state index is 0.0903. The van der Waals surface area contributed by atoms with E-state index in [1.54, 1.807) is 36.4 Å². The molecule has 0 saturated heterocycles. The van der Waals surface area contributed by atoms with Gasteiger partial charge in [-0.1, -0.05) is 42.0 Å². The number of hydrogen-bond donors (Lipinski definition) is 1. The lowest BCUT2D eigenvalue weighted by Crippen LogP contribution is -2.26. The van der Waals surface area contributed by atoms with Crippen LogP contribution in [0.5, 0.6) is 5.75 Å². The van der Waals surface area contributed by atoms with Crippen LogP contribution in [-0.2, 0) is 4.79 Å². The van der Waals surface area contributed by atoms with E-state index >= 15 is 0 Å². The summed E-state index contributed by atoms with van der Waals surface area (Å²) in [5, 5.41) is 9.44. The van der Waals surface area contributed by atoms with Crippen molar-refractivity contribution in [2.24, 2.45) is 0 Å². The number of aryl methyl sites for hydroxylation is 1. The van der Waals surface area contributed by atoms with E-state index in [0.29, 0.717) is 16.5 Å². The molecule has 1 aromatic heterocycles. The summed E-state index contributed by atoms with van der Waals surface area (Å²) >= 11 is 0. The monoisotopic (exact) mass is 324 g/mol. The molecule has 0 aliphatic rings. The number of carbonyl (C=O) groups is 1. The van der Waals surface area contributed by atoms with Gasteiger partial charge in [0.05, 0.1) is 5.39 Å². The Hall–Kier alpha value is -3.08. The smallest absolute Gasteiger partial charge is 0.344 e. The lowest BCUT2D eigenvalue weighted by molar-refractivity contribution is -0.144. The molecule has 24 heavy (non-hydrogen) atoms. The molecule has 0 radical (unpaired) electrons. The zero-order valence-electron chi connectivity index (χ0n) is 13.3. The van der Waals surface area contributed by atoms with Crippen molar-refractivity contribution >= 4 is 16.9 Å². The lowest BCUT2D eigenvalue weighted by Gasteiger charge is -2.14. The van der Waals surface area contributed by atoms with Gasteiger partial charge in [0, 0.05) is 5.56 Å². The highest BCUT2D eigenvalue weighted by Crippen LogP contribution is 2.31. The van der Waals surface area contributed by atoms with Gasteiger partial charge in [-0.05, 0) is 26.0 Å². The first kappa shape index (κ1) is 15.8. The molecule has 3 aromatic rings. The Balaban J connectivity index is 2.26. The summed E-state index contributed by atoms with van der Waals surface area (Å²) in [6.45, 7) is 3.32. The Kier molecular flexibility index (Phi) is 4.08. The van der Waals surface area contributed by atoms with Crippen molar-refractivity contribution in [3.05, 3.63) is 64.3 Å². The van der Waals surface area contributed by atoms with Crippen LogP contribution in [0.15, 0.2) is 57.7 Å². The molecule has 1 atom stereocenters. The maximum absolute atomic E-state index is 12.8. The molecule has 5 heteroatoms. The van der Waals surface area contributed by atoms with E-state index in [1.165, 1.54) is 6.92 Å². The third kappa shape index (κ3) is 2.88. The van der Waals surface area contributed by atoms with Gasteiger partial charge in [0.25, 0.3) is 0 Å². The molecule has 0 fully saturated rings. The van der Waals surface area contributed by atoms with Crippen LogP contribution in [0.4, 0.5) is 0 Å². The highest BCUT2D eigenvalue weighted by Gasteiger charge is 2.22. The second-order valence-electron chi connectivity index (χ2n) is 5.55. The quantitative estimate of drug-likeness (QED) is 0.793. The fourth-order valence-electron chi connectivity index (χ4n) is 2.35. The summed E-state index contributed by atoms with van der Waals surface area (Å²) in [4.78, 5) is 23.9. The number of rotatable bonds is 4. The molecule has 3 rings (SSSR count). The first-order valence-electron chi connectivity index (χ1n) is 7.49. The third-order valence-electron chi connectivity index (χ3n) is 3.71. The summed E-state index contributed by atoms with van der Waals surface area (Å²) in [5.74, 6) is -1.02. The topological polar surface area (TPSA) is 76.7 Å². The van der Waals surface area contributed by atoms with Gasteiger partial charge in [0.2, 0.25) is 11.2 Å². The minimum Gasteiger partial charge on any atom is -0.479 e. The summed E-state index contributed by atoms with van der Waals surface area (Å²) < 4.78 is 11.3. The van der Waals surface area contributed by atoms with E-state index in [4.69, 9.17) is 14.3 Å². The Labute approximate surface area is 138 Å². The number of carboxylic acids is 1. The molecule has 0 aliphatic heterocycles. The van der Waals surface area contributed by atoms with Crippen molar-refractivity contribution in [1.82, 2.24) is 0 Å². The Morgan fingerprint density at radius 2 is 1.79 bits per heavy atom. The van der Waals surface area contributed by atoms with Crippen molar-refractivity contribution in [1.29, 1.82) is 0 Å². The molecule has 5 nitrogen and oxygen atoms in total. The summed E-state index contributed by atoms with van der Waals surface area (Å²) in [6, 6.07) is 14.2. The zero-order valence-corrected chi connectivity index (χ0v) is 13.3. The molecule has 0 bridgehead atoms. The first-order valence-corrected chi connectivity index (χ1v) is 7.49. The predicted molar refractivity (Wildman–Crippen MR) is 90.4 cm³/mol. The molecule has 0 spiro atoms. The van der Waals surface area contributed by atoms with Gasteiger partial charge in [0.15, 0.2) is 11.9 Å². The fraction of sp³-hybridized carbons (Fsp3) is 0.158. The molecule has 1 N–H and O–H groups in total. The van der Waals surface area contributed by atoms with Gasteiger partial charge >= 0.3 is 5.97 Å². The molecular weight excluding hydrogens is 308 g/mol. The molecular formula is C19H16O5. The van der Waals surface area contributed by atoms with Gasteiger partial charge in [-0.3, -0.25) is 4.79 Å². The molecule has 0 amide bonds. The molecule has 0 aliphatic carbocycles. The number of benzene rings is 2. The van der Waals surface area contributed by atoms with Gasteiger partial charge < -0.3 is 14.3 Å². The highest BCUT2D eigenvalue weighted by molar-refractivity contribution is 5.82. The molecule has 1 heterocycles. The number of ether oxygens (including phenoxy) is 1. The second-order valence-corrected chi connectivity index (χ2v) is 5.55. The number of para-hydroxylation sites is 1. The van der Waals surface area contributed by atoms with Crippen molar-refractivity contribution in [3.63, 3.8) is 0 Å². The van der Waals surface area contributed by atoms with E-state index in [0.717, 1.165) is 5.56 Å². The van der Waals surface area contributed by atoms with Crippen molar-refractivity contribution in [3.8, 4) is 17.1 Å². The van der Waals surface area contributed by atoms with E-state index in [2.05, 4.69) is 0 Å². The van der Waals surface area contributed by atoms with Crippen molar-refractivity contribution in [2.75, 3.05) is 0 Å². The average Bonchev–Trinajstić information content (AvgIpc) is 2.58. The first-order chi connectivity index (χ1) is 11.5. The average molecular weight is 324 g/mol. The minimum atomic E-state index is -1.17. The number of carboxylic acid groups (broad SMARTS) is 1. The van der Waals surface area contributed by atoms with Crippen LogP contribution in [0.3, 0.4) is 0 Å². The van der Waals surface area contributed by atoms with Crippen LogP contribution in [0.2, 0.25) is 0 Å². The molecule has 2 aromatic carbocycles. The standard InChI is InChI=1S/C19H16O5/c1-11-7-9-13(10-8-11)17-18(23-12(2)19(21)22)16(20)14-5-3-4-6-15(14)24-17/h3-10,12H,1-2H3,(H,21,22). The van der Waals surface area contributed by atoms with E-state index in [9.17, 15) is 9.59 Å². The normalized spacial score (nSPS) is 12.1. The Morgan fingerprint density at radius 3 is 2.46 bits per heavy atom. The molecule has 0 saturated carbocycles. The van der Waals surface area contributed by atoms with Gasteiger partial charge in [-0.2, -0.15) is 0 Å². The summed E-state index contributed by atoms with van der Waals surface area (Å²) in [5.41, 5.74) is 1.74. The van der Waals surface area contributed by atoms with Gasteiger partial charge in [-0.15, -0.1) is 0 Å². The largest absolute Gasteiger partial charge is 0.479 e. The van der Waals surface area contributed by atoms with E-state index in [1.807, 2.05) is 19.1 Å². The zero-order chi connectivity index (χ0) is 17.3. The summed E-state index contributed by atoms with van der Waals surface area (Å²) in [6.07, 6.45) is -1.17. The summed E-state index contributed by atoms with van der Waals surface area (Å²) in [7, 11) is 0. The fourth-order valence-corrected chi connectivity index (χ4v) is 2.35. The van der Waals surface area contributed by atoms with Gasteiger partial charge in [-0.25, -0.2) is 4.79 Å². The molecule has 122 valence electrons. The van der Waals surface area contributed by atoms with Crippen LogP contribution in [0.25, 0.3) is 22.3 Å². The second kappa shape index (κ2) is 6.20. The Bertz CT molecular complexity index is 954. The van der Waals surface area contributed by atoms with E-state index < -0.39 is 12.1 Å². The maximum atomic E-state index is 12.8. The van der Waals surface area contributed by atoms with E-state index in [-0.39, 0.29) is 16.9 Å². The van der Waals surface area contributed by atoms with Crippen LogP contribution in [-0.4, -0.2) is 17.2 Å². The SMILES string of the molecule is Cc1ccc(-c2oc3ccccc3c(=O)c2OC(C)C(=O)O)cc1. The van der Waals surface area contributed by atoms with Gasteiger partial charge in [0.1, 0.15) is 5.58 Å². The Morgan fingerprint density at radius 1 is 1.12 bits per heavy atom. The number of fused-ring (bicyclic) bond motifs is 1. The van der Waals surface area contributed by atoms with Crippen LogP contribution < -0.4 is 10.2 Å². The highest BCUT2D eigenvalue weighted by atomic mass is 16.5. The predicted octanol–water partition coefficient (Wildman–Crippen LogP) is 3.62. The van der Waals surface area contributed by atoms with Crippen LogP contribution >= 0.6 is 0 Å². The third-order valence-corrected chi connectivity index (χ3v) is 3.71. The number of hydrogen-bond acceptors (Lipinski definition) is 4. The van der Waals surface area contributed by atoms with Crippen molar-refractivity contribution in [2.45, 2.75) is 20.0 Å². The van der Waals surface area contributed by atoms with Crippen molar-refractivity contribution < 1.29 is 19.1 Å². The van der Waals surface area contributed by atoms with Crippen LogP contribution in [0.1, 0.15) is 12.5 Å². The van der Waals surface area contributed by atoms with Crippen LogP contribution in [0, 0.1) is 6.92 Å².